The second-order valence-electron chi connectivity index (χ2n) is 3.50. The highest BCUT2D eigenvalue weighted by Gasteiger charge is 2.03. The molecule has 0 unspecified atom stereocenters. The van der Waals surface area contributed by atoms with Crippen molar-refractivity contribution in [3.63, 3.8) is 0 Å². The molecule has 0 fully saturated rings. The molecule has 0 aromatic heterocycles. The van der Waals surface area contributed by atoms with Crippen LogP contribution < -0.4 is 10.5 Å². The molecule has 0 spiro atoms. The van der Waals surface area contributed by atoms with E-state index in [0.717, 1.165) is 19.3 Å². The Morgan fingerprint density at radius 1 is 1.31 bits per heavy atom. The molecule has 86 valence electrons. The monoisotopic (exact) mass is 220 g/mol. The van der Waals surface area contributed by atoms with Gasteiger partial charge in [0.25, 0.3) is 0 Å². The average molecular weight is 220 g/mol. The number of rotatable bonds is 6. The van der Waals surface area contributed by atoms with Crippen LogP contribution in [0.3, 0.4) is 0 Å². The van der Waals surface area contributed by atoms with E-state index in [-0.39, 0.29) is 6.61 Å². The maximum absolute atomic E-state index is 8.87. The molecule has 0 atom stereocenters. The Hall–Kier alpha value is -1.73. The Kier molecular flexibility index (Phi) is 5.17. The average Bonchev–Trinajstić information content (AvgIpc) is 2.30. The van der Waals surface area contributed by atoms with Crippen LogP contribution in [0, 0.1) is 11.3 Å². The van der Waals surface area contributed by atoms with Crippen molar-refractivity contribution < 1.29 is 9.84 Å². The summed E-state index contributed by atoms with van der Waals surface area (Å²) in [6.07, 6.45) is 2.58. The SMILES string of the molecule is N#Cc1cc(N)ccc1OCCCCCO. The summed E-state index contributed by atoms with van der Waals surface area (Å²) in [4.78, 5) is 0. The molecule has 0 saturated carbocycles. The van der Waals surface area contributed by atoms with Crippen LogP contribution in [0.4, 0.5) is 5.69 Å². The Balaban J connectivity index is 2.45. The molecule has 1 aromatic carbocycles. The molecule has 4 nitrogen and oxygen atoms in total. The number of anilines is 1. The molecule has 0 aliphatic heterocycles. The second kappa shape index (κ2) is 6.70. The van der Waals surface area contributed by atoms with Gasteiger partial charge in [0.05, 0.1) is 12.2 Å². The summed E-state index contributed by atoms with van der Waals surface area (Å²) in [7, 11) is 0. The molecule has 0 radical (unpaired) electrons. The highest BCUT2D eigenvalue weighted by atomic mass is 16.5. The molecule has 0 aliphatic carbocycles. The normalized spacial score (nSPS) is 9.75. The highest BCUT2D eigenvalue weighted by molar-refractivity contribution is 5.53. The maximum atomic E-state index is 8.87. The minimum absolute atomic E-state index is 0.214. The number of nitrogens with zero attached hydrogens (tertiary/aromatic N) is 1. The molecule has 16 heavy (non-hydrogen) atoms. The van der Waals surface area contributed by atoms with Crippen LogP contribution in [0.25, 0.3) is 0 Å². The van der Waals surface area contributed by atoms with Crippen molar-refractivity contribution in [3.05, 3.63) is 23.8 Å². The summed E-state index contributed by atoms with van der Waals surface area (Å²) in [6.45, 7) is 0.768. The summed E-state index contributed by atoms with van der Waals surface area (Å²) >= 11 is 0. The molecular weight excluding hydrogens is 204 g/mol. The van der Waals surface area contributed by atoms with Gasteiger partial charge in [-0.05, 0) is 37.5 Å². The molecule has 0 heterocycles. The summed E-state index contributed by atoms with van der Waals surface area (Å²) in [5.41, 5.74) is 6.58. The Bertz CT molecular complexity index is 372. The first kappa shape index (κ1) is 12.3. The van der Waals surface area contributed by atoms with E-state index >= 15 is 0 Å². The van der Waals surface area contributed by atoms with Gasteiger partial charge in [0.2, 0.25) is 0 Å². The molecule has 0 saturated heterocycles. The molecule has 0 bridgehead atoms. The van der Waals surface area contributed by atoms with Gasteiger partial charge < -0.3 is 15.6 Å². The number of aliphatic hydroxyl groups excluding tert-OH is 1. The van der Waals surface area contributed by atoms with E-state index in [1.807, 2.05) is 6.07 Å². The minimum Gasteiger partial charge on any atom is -0.492 e. The third-order valence-corrected chi connectivity index (χ3v) is 2.18. The number of aliphatic hydroxyl groups is 1. The smallest absolute Gasteiger partial charge is 0.137 e. The van der Waals surface area contributed by atoms with Gasteiger partial charge in [0.1, 0.15) is 11.8 Å². The first-order valence-corrected chi connectivity index (χ1v) is 5.31. The zero-order valence-corrected chi connectivity index (χ0v) is 9.15. The number of nitriles is 1. The number of ether oxygens (including phenoxy) is 1. The fourth-order valence-electron chi connectivity index (χ4n) is 1.33. The summed E-state index contributed by atoms with van der Waals surface area (Å²) in [5, 5.41) is 17.5. The van der Waals surface area contributed by atoms with E-state index in [1.54, 1.807) is 18.2 Å². The van der Waals surface area contributed by atoms with Crippen LogP contribution in [0.15, 0.2) is 18.2 Å². The van der Waals surface area contributed by atoms with Gasteiger partial charge in [-0.2, -0.15) is 5.26 Å². The lowest BCUT2D eigenvalue weighted by Crippen LogP contribution is -2.00. The van der Waals surface area contributed by atoms with Crippen molar-refractivity contribution >= 4 is 5.69 Å². The molecule has 3 N–H and O–H groups in total. The standard InChI is InChI=1S/C12H16N2O2/c13-9-10-8-11(14)4-5-12(10)16-7-3-1-2-6-15/h4-5,8,15H,1-3,6-7,14H2. The lowest BCUT2D eigenvalue weighted by atomic mass is 10.2. The second-order valence-corrected chi connectivity index (χ2v) is 3.50. The van der Waals surface area contributed by atoms with Gasteiger partial charge in [-0.25, -0.2) is 0 Å². The van der Waals surface area contributed by atoms with Crippen molar-refractivity contribution in [2.45, 2.75) is 19.3 Å². The van der Waals surface area contributed by atoms with E-state index in [4.69, 9.17) is 20.8 Å². The summed E-state index contributed by atoms with van der Waals surface area (Å²) in [6, 6.07) is 7.06. The van der Waals surface area contributed by atoms with Gasteiger partial charge in [0, 0.05) is 12.3 Å². The number of unbranched alkanes of at least 4 members (excludes halogenated alkanes) is 2. The number of hydrogen-bond donors (Lipinski definition) is 2. The Morgan fingerprint density at radius 2 is 2.12 bits per heavy atom. The summed E-state index contributed by atoms with van der Waals surface area (Å²) in [5.74, 6) is 0.570. The number of nitrogens with two attached hydrogens (primary N) is 1. The molecule has 1 aromatic rings. The van der Waals surface area contributed by atoms with Gasteiger partial charge in [-0.3, -0.25) is 0 Å². The van der Waals surface area contributed by atoms with Crippen LogP contribution in [-0.2, 0) is 0 Å². The zero-order valence-electron chi connectivity index (χ0n) is 9.15. The zero-order chi connectivity index (χ0) is 11.8. The van der Waals surface area contributed by atoms with Crippen molar-refractivity contribution in [3.8, 4) is 11.8 Å². The van der Waals surface area contributed by atoms with Gasteiger partial charge in [0.15, 0.2) is 0 Å². The lowest BCUT2D eigenvalue weighted by Gasteiger charge is -2.07. The molecule has 4 heteroatoms. The van der Waals surface area contributed by atoms with Crippen molar-refractivity contribution in [1.29, 1.82) is 5.26 Å². The van der Waals surface area contributed by atoms with Crippen LogP contribution in [-0.4, -0.2) is 18.3 Å². The Labute approximate surface area is 95.3 Å². The van der Waals surface area contributed by atoms with Crippen molar-refractivity contribution in [2.24, 2.45) is 0 Å². The first-order valence-electron chi connectivity index (χ1n) is 5.31. The van der Waals surface area contributed by atoms with Gasteiger partial charge in [-0.1, -0.05) is 0 Å². The highest BCUT2D eigenvalue weighted by Crippen LogP contribution is 2.20. The first-order chi connectivity index (χ1) is 7.77. The predicted octanol–water partition coefficient (Wildman–Crippen LogP) is 1.68. The molecule has 1 rings (SSSR count). The predicted molar refractivity (Wildman–Crippen MR) is 62.0 cm³/mol. The van der Waals surface area contributed by atoms with Crippen LogP contribution in [0.2, 0.25) is 0 Å². The van der Waals surface area contributed by atoms with E-state index in [1.165, 1.54) is 0 Å². The number of nitrogen functional groups attached to an aromatic ring is 1. The number of benzene rings is 1. The minimum atomic E-state index is 0.214. The van der Waals surface area contributed by atoms with Gasteiger partial charge >= 0.3 is 0 Å². The molecule has 0 amide bonds. The van der Waals surface area contributed by atoms with Crippen LogP contribution in [0.5, 0.6) is 5.75 Å². The van der Waals surface area contributed by atoms with Crippen LogP contribution in [0.1, 0.15) is 24.8 Å². The van der Waals surface area contributed by atoms with E-state index < -0.39 is 0 Å². The third kappa shape index (κ3) is 3.79. The van der Waals surface area contributed by atoms with E-state index in [9.17, 15) is 0 Å². The topological polar surface area (TPSA) is 79.3 Å². The molecular formula is C12H16N2O2. The largest absolute Gasteiger partial charge is 0.492 e. The number of hydrogen-bond acceptors (Lipinski definition) is 4. The van der Waals surface area contributed by atoms with E-state index in [0.29, 0.717) is 23.6 Å². The lowest BCUT2D eigenvalue weighted by molar-refractivity contribution is 0.266. The van der Waals surface area contributed by atoms with Crippen molar-refractivity contribution in [1.82, 2.24) is 0 Å². The fraction of sp³-hybridized carbons (Fsp3) is 0.417. The van der Waals surface area contributed by atoms with Crippen molar-refractivity contribution in [2.75, 3.05) is 18.9 Å². The van der Waals surface area contributed by atoms with E-state index in [2.05, 4.69) is 0 Å². The fourth-order valence-corrected chi connectivity index (χ4v) is 1.33. The Morgan fingerprint density at radius 3 is 2.81 bits per heavy atom. The van der Waals surface area contributed by atoms with Crippen LogP contribution >= 0.6 is 0 Å². The maximum Gasteiger partial charge on any atom is 0.137 e. The van der Waals surface area contributed by atoms with Gasteiger partial charge in [-0.15, -0.1) is 0 Å². The molecule has 0 aliphatic rings. The third-order valence-electron chi connectivity index (χ3n) is 2.18. The quantitative estimate of drug-likeness (QED) is 0.564. The summed E-state index contributed by atoms with van der Waals surface area (Å²) < 4.78 is 5.47.